The van der Waals surface area contributed by atoms with Crippen molar-refractivity contribution in [3.8, 4) is 39.5 Å². The Bertz CT molecular complexity index is 3440. The van der Waals surface area contributed by atoms with Crippen molar-refractivity contribution >= 4 is 57.1 Å². The number of hydrogen-bond donors (Lipinski definition) is 0. The number of rotatable bonds is 7. The molecule has 0 amide bonds. The second-order valence-corrected chi connectivity index (χ2v) is 22.4. The number of imidazole rings is 1. The van der Waals surface area contributed by atoms with E-state index in [2.05, 4.69) is 134 Å². The number of benzene rings is 6. The third-order valence-electron chi connectivity index (χ3n) is 11.4. The van der Waals surface area contributed by atoms with Crippen LogP contribution in [0.3, 0.4) is 0 Å². The van der Waals surface area contributed by atoms with E-state index in [1.807, 2.05) is 66.9 Å². The van der Waals surface area contributed by atoms with E-state index < -0.39 is 27.6 Å². The first kappa shape index (κ1) is 36.4. The fourth-order valence-electron chi connectivity index (χ4n) is 8.14. The molecule has 0 N–H and O–H groups in total. The van der Waals surface area contributed by atoms with Crippen LogP contribution in [-0.2, 0) is 20.1 Å². The predicted octanol–water partition coefficient (Wildman–Crippen LogP) is 14.0. The van der Waals surface area contributed by atoms with Crippen molar-refractivity contribution in [2.75, 3.05) is 0 Å². The summed E-state index contributed by atoms with van der Waals surface area (Å²) in [6.07, 6.45) is 2.02. The molecule has 10 aromatic rings. The number of para-hydroxylation sites is 2. The van der Waals surface area contributed by atoms with Crippen LogP contribution in [0.2, 0.25) is 19.6 Å². The molecule has 0 fully saturated rings. The third-order valence-corrected chi connectivity index (χ3v) is 13.4. The number of pyridine rings is 1. The van der Waals surface area contributed by atoms with Crippen LogP contribution in [0.25, 0.3) is 83.3 Å². The van der Waals surface area contributed by atoms with Gasteiger partial charge in [-0.3, -0.25) is 4.98 Å². The summed E-state index contributed by atoms with van der Waals surface area (Å²) in [5.74, 6) is 0.422. The van der Waals surface area contributed by atoms with Crippen molar-refractivity contribution in [3.05, 3.63) is 168 Å². The molecule has 0 aliphatic rings. The van der Waals surface area contributed by atoms with Gasteiger partial charge in [0.15, 0.2) is 0 Å². The molecule has 0 saturated carbocycles. The molecule has 0 bridgehead atoms. The molecule has 6 nitrogen and oxygen atoms in total. The van der Waals surface area contributed by atoms with E-state index in [1.165, 1.54) is 16.3 Å². The van der Waals surface area contributed by atoms with Crippen LogP contribution in [0.1, 0.15) is 70.4 Å². The largest absolute Gasteiger partial charge is 0.498 e. The van der Waals surface area contributed by atoms with Crippen LogP contribution < -0.4 is 5.19 Å². The zero-order valence-corrected chi connectivity index (χ0v) is 39.7. The van der Waals surface area contributed by atoms with Crippen molar-refractivity contribution in [3.63, 3.8) is 0 Å². The molecule has 0 aliphatic heterocycles. The number of fused-ring (bicyclic) bond motifs is 6. The normalized spacial score (nSPS) is 13.5. The molecule has 10 rings (SSSR count). The van der Waals surface area contributed by atoms with Crippen LogP contribution in [-0.4, -0.2) is 32.6 Å². The van der Waals surface area contributed by atoms with Crippen molar-refractivity contribution in [1.29, 1.82) is 0 Å². The van der Waals surface area contributed by atoms with Gasteiger partial charge >= 0.3 is 0 Å². The van der Waals surface area contributed by atoms with Crippen LogP contribution in [0.5, 0.6) is 0 Å². The second kappa shape index (κ2) is 17.6. The van der Waals surface area contributed by atoms with Gasteiger partial charge in [0.25, 0.3) is 0 Å². The monoisotopic (exact) mass is 1020 g/mol. The SMILES string of the molecule is C[Si](C)(C)c1ccc(-c2[c-]cccc2)nc1.[2H]C([2H])([2H])c1nc(C([2H])([2H])[2H])c2ccc3c4cc[c-]c(-c5nc6ccccc6n5-c5c(C(C)C)cc(-c6ccccc6)cc5C(C)C)c4oc3c2n1.[Ir]. The summed E-state index contributed by atoms with van der Waals surface area (Å²) >= 11 is 0. The molecule has 0 spiro atoms. The summed E-state index contributed by atoms with van der Waals surface area (Å²) in [5.41, 5.74) is 10.6. The Balaban J connectivity index is 0.000000320. The number of aromatic nitrogens is 5. The minimum absolute atomic E-state index is 0. The van der Waals surface area contributed by atoms with E-state index in [0.29, 0.717) is 22.4 Å². The Morgan fingerprint density at radius 3 is 2.05 bits per heavy atom. The number of aryl methyl sites for hydroxylation is 2. The Labute approximate surface area is 393 Å². The Hall–Kier alpha value is -6.05. The van der Waals surface area contributed by atoms with Crippen molar-refractivity contribution in [1.82, 2.24) is 24.5 Å². The van der Waals surface area contributed by atoms with Crippen molar-refractivity contribution in [2.45, 2.75) is 72.9 Å². The average molecular weight is 1020 g/mol. The topological polar surface area (TPSA) is 69.6 Å². The van der Waals surface area contributed by atoms with E-state index in [9.17, 15) is 0 Å². The zero-order chi connectivity index (χ0) is 48.3. The molecular weight excluding hydrogens is 967 g/mol. The molecule has 317 valence electrons. The fraction of sp³-hybridized carbons (Fsp3) is 0.200. The zero-order valence-electron chi connectivity index (χ0n) is 42.3. The van der Waals surface area contributed by atoms with Gasteiger partial charge in [0.05, 0.1) is 30.5 Å². The van der Waals surface area contributed by atoms with Crippen molar-refractivity contribution in [2.24, 2.45) is 0 Å². The number of furan rings is 1. The maximum atomic E-state index is 8.15. The molecule has 63 heavy (non-hydrogen) atoms. The fourth-order valence-corrected chi connectivity index (χ4v) is 9.18. The van der Waals surface area contributed by atoms with Gasteiger partial charge in [0.2, 0.25) is 0 Å². The summed E-state index contributed by atoms with van der Waals surface area (Å²) < 4.78 is 57.3. The first-order valence-electron chi connectivity index (χ1n) is 24.0. The Morgan fingerprint density at radius 1 is 0.667 bits per heavy atom. The molecular formula is C55H51IrN5OSi-2. The average Bonchev–Trinajstić information content (AvgIpc) is 3.90. The van der Waals surface area contributed by atoms with Gasteiger partial charge < -0.3 is 14.0 Å². The molecule has 1 radical (unpaired) electrons. The summed E-state index contributed by atoms with van der Waals surface area (Å²) in [5, 5.41) is 3.00. The van der Waals surface area contributed by atoms with Crippen LogP contribution >= 0.6 is 0 Å². The maximum Gasteiger partial charge on any atom is 0.147 e. The van der Waals surface area contributed by atoms with Gasteiger partial charge in [-0.15, -0.1) is 54.1 Å². The molecule has 8 heteroatoms. The summed E-state index contributed by atoms with van der Waals surface area (Å²) in [6, 6.07) is 49.0. The van der Waals surface area contributed by atoms with E-state index in [0.717, 1.165) is 44.5 Å². The Morgan fingerprint density at radius 2 is 1.38 bits per heavy atom. The molecule has 6 aromatic carbocycles. The van der Waals surface area contributed by atoms with Crippen molar-refractivity contribution < 1.29 is 32.7 Å². The molecule has 0 aliphatic carbocycles. The van der Waals surface area contributed by atoms with E-state index in [-0.39, 0.29) is 54.1 Å². The van der Waals surface area contributed by atoms with E-state index in [1.54, 1.807) is 12.1 Å². The number of hydrogen-bond acceptors (Lipinski definition) is 5. The predicted molar refractivity (Wildman–Crippen MR) is 260 cm³/mol. The number of nitrogens with zero attached hydrogens (tertiary/aromatic N) is 5. The van der Waals surface area contributed by atoms with Gasteiger partial charge in [-0.25, -0.2) is 9.97 Å². The first-order valence-corrected chi connectivity index (χ1v) is 24.5. The summed E-state index contributed by atoms with van der Waals surface area (Å²) in [7, 11) is -1.23. The third kappa shape index (κ3) is 8.31. The minimum Gasteiger partial charge on any atom is -0.498 e. The molecule has 0 atom stereocenters. The second-order valence-electron chi connectivity index (χ2n) is 17.3. The van der Waals surface area contributed by atoms with Crippen LogP contribution in [0, 0.1) is 25.8 Å². The van der Waals surface area contributed by atoms with Gasteiger partial charge in [-0.2, -0.15) is 0 Å². The molecule has 0 saturated heterocycles. The van der Waals surface area contributed by atoms with E-state index in [4.69, 9.17) is 17.6 Å². The van der Waals surface area contributed by atoms with Gasteiger partial charge in [-0.1, -0.05) is 125 Å². The smallest absolute Gasteiger partial charge is 0.147 e. The van der Waals surface area contributed by atoms with Gasteiger partial charge in [0, 0.05) is 56.7 Å². The van der Waals surface area contributed by atoms with Crippen LogP contribution in [0.4, 0.5) is 0 Å². The van der Waals surface area contributed by atoms with Crippen LogP contribution in [0.15, 0.2) is 138 Å². The summed E-state index contributed by atoms with van der Waals surface area (Å²) in [4.78, 5) is 18.1. The molecule has 0 unspecified atom stereocenters. The molecule has 4 heterocycles. The quantitative estimate of drug-likeness (QED) is 0.118. The minimum atomic E-state index is -2.73. The van der Waals surface area contributed by atoms with Gasteiger partial charge in [0.1, 0.15) is 16.9 Å². The van der Waals surface area contributed by atoms with E-state index >= 15 is 0 Å². The molecule has 4 aromatic heterocycles. The maximum absolute atomic E-state index is 8.15. The Kier molecular flexibility index (Phi) is 10.2. The first-order chi connectivity index (χ1) is 32.3. The summed E-state index contributed by atoms with van der Waals surface area (Å²) in [6.45, 7) is 10.4. The van der Waals surface area contributed by atoms with Gasteiger partial charge in [-0.05, 0) is 82.9 Å². The standard InChI is InChI=1S/C41H35N4O.C14H16NSi.Ir/c1-23(2)33-21-28(27-13-8-7-9-14-27)22-34(24(3)4)38(33)45-36-18-11-10-17-35(36)44-41(45)32-16-12-15-30-31-20-19-29-25(5)42-26(6)43-37(29)40(31)46-39(30)32;1-16(2,3)13-9-10-14(15-11-13)12-7-5-4-6-8-12;/h7-15,17-24H,1-6H3;4-7,9-11H,1-3H3;/q2*-1;/i5D3,6D3;;.